The van der Waals surface area contributed by atoms with Gasteiger partial charge in [0.15, 0.2) is 5.13 Å². The summed E-state index contributed by atoms with van der Waals surface area (Å²) >= 11 is 1.76. The lowest BCUT2D eigenvalue weighted by Crippen LogP contribution is -2.16. The summed E-state index contributed by atoms with van der Waals surface area (Å²) in [4.78, 5) is 8.36. The van der Waals surface area contributed by atoms with Crippen LogP contribution < -0.4 is 10.6 Å². The van der Waals surface area contributed by atoms with E-state index in [0.29, 0.717) is 0 Å². The molecule has 4 heteroatoms. The lowest BCUT2D eigenvalue weighted by atomic mass is 9.99. The van der Waals surface area contributed by atoms with E-state index in [1.54, 1.807) is 11.3 Å². The molecule has 2 aromatic rings. The van der Waals surface area contributed by atoms with Crippen molar-refractivity contribution >= 4 is 22.2 Å². The Morgan fingerprint density at radius 3 is 2.84 bits per heavy atom. The molecule has 0 saturated heterocycles. The van der Waals surface area contributed by atoms with E-state index in [0.717, 1.165) is 30.9 Å². The lowest BCUT2D eigenvalue weighted by molar-refractivity contribution is 0.573. The standard InChI is InChI=1S/C15H19N3S/c1-2-18(11-7-4-3-5-8-11)15-17-13-10-6-9-12(16)14(13)19-15/h3-5,7-8,12H,2,6,9-10,16H2,1H3. The summed E-state index contributed by atoms with van der Waals surface area (Å²) in [5.74, 6) is 0. The molecule has 1 atom stereocenters. The second-order valence-electron chi connectivity index (χ2n) is 4.89. The number of rotatable bonds is 3. The maximum absolute atomic E-state index is 6.19. The molecule has 0 spiro atoms. The highest BCUT2D eigenvalue weighted by atomic mass is 32.1. The number of aryl methyl sites for hydroxylation is 1. The molecule has 1 aliphatic carbocycles. The zero-order valence-corrected chi connectivity index (χ0v) is 12.0. The van der Waals surface area contributed by atoms with Crippen LogP contribution in [0.3, 0.4) is 0 Å². The van der Waals surface area contributed by atoms with E-state index < -0.39 is 0 Å². The van der Waals surface area contributed by atoms with E-state index in [-0.39, 0.29) is 6.04 Å². The zero-order chi connectivity index (χ0) is 13.2. The largest absolute Gasteiger partial charge is 0.323 e. The molecule has 1 unspecified atom stereocenters. The fraction of sp³-hybridized carbons (Fsp3) is 0.400. The van der Waals surface area contributed by atoms with E-state index in [2.05, 4.69) is 36.1 Å². The van der Waals surface area contributed by atoms with Crippen LogP contribution in [-0.2, 0) is 6.42 Å². The number of fused-ring (bicyclic) bond motifs is 1. The Bertz CT molecular complexity index is 550. The van der Waals surface area contributed by atoms with E-state index in [1.165, 1.54) is 16.3 Å². The van der Waals surface area contributed by atoms with Gasteiger partial charge in [0.2, 0.25) is 0 Å². The average Bonchev–Trinajstić information content (AvgIpc) is 2.86. The van der Waals surface area contributed by atoms with Gasteiger partial charge in [-0.1, -0.05) is 29.5 Å². The highest BCUT2D eigenvalue weighted by Crippen LogP contribution is 2.38. The van der Waals surface area contributed by atoms with Crippen LogP contribution in [0.5, 0.6) is 0 Å². The smallest absolute Gasteiger partial charge is 0.190 e. The summed E-state index contributed by atoms with van der Waals surface area (Å²) in [7, 11) is 0. The molecule has 3 rings (SSSR count). The first-order valence-corrected chi connectivity index (χ1v) is 7.69. The van der Waals surface area contributed by atoms with Crippen LogP contribution in [0.2, 0.25) is 0 Å². The molecule has 0 saturated carbocycles. The Labute approximate surface area is 118 Å². The van der Waals surface area contributed by atoms with Gasteiger partial charge >= 0.3 is 0 Å². The van der Waals surface area contributed by atoms with Gasteiger partial charge in [-0.15, -0.1) is 0 Å². The van der Waals surface area contributed by atoms with Crippen LogP contribution in [0.4, 0.5) is 10.8 Å². The van der Waals surface area contributed by atoms with Crippen molar-refractivity contribution < 1.29 is 0 Å². The van der Waals surface area contributed by atoms with Crippen LogP contribution in [0.1, 0.15) is 36.4 Å². The summed E-state index contributed by atoms with van der Waals surface area (Å²) in [6.07, 6.45) is 3.33. The Kier molecular flexibility index (Phi) is 3.53. The minimum atomic E-state index is 0.185. The number of thiazole rings is 1. The second kappa shape index (κ2) is 5.31. The SMILES string of the molecule is CCN(c1ccccc1)c1nc2c(s1)C(N)CCC2. The molecule has 1 aromatic carbocycles. The number of aromatic nitrogens is 1. The van der Waals surface area contributed by atoms with Gasteiger partial charge in [0, 0.05) is 23.2 Å². The van der Waals surface area contributed by atoms with E-state index in [9.17, 15) is 0 Å². The maximum atomic E-state index is 6.19. The van der Waals surface area contributed by atoms with Crippen LogP contribution in [0, 0.1) is 0 Å². The Hall–Kier alpha value is -1.39. The molecule has 100 valence electrons. The summed E-state index contributed by atoms with van der Waals surface area (Å²) in [5.41, 5.74) is 8.61. The van der Waals surface area contributed by atoms with Gasteiger partial charge in [-0.2, -0.15) is 0 Å². The van der Waals surface area contributed by atoms with Gasteiger partial charge in [0.1, 0.15) is 0 Å². The summed E-state index contributed by atoms with van der Waals surface area (Å²) < 4.78 is 0. The molecule has 0 aliphatic heterocycles. The number of anilines is 2. The first-order valence-electron chi connectivity index (χ1n) is 6.87. The predicted octanol–water partition coefficient (Wildman–Crippen LogP) is 3.64. The Morgan fingerprint density at radius 1 is 1.37 bits per heavy atom. The van der Waals surface area contributed by atoms with Crippen LogP contribution in [0.25, 0.3) is 0 Å². The first-order chi connectivity index (χ1) is 9.29. The minimum absolute atomic E-state index is 0.185. The van der Waals surface area contributed by atoms with E-state index in [4.69, 9.17) is 10.7 Å². The number of hydrogen-bond acceptors (Lipinski definition) is 4. The highest BCUT2D eigenvalue weighted by Gasteiger charge is 2.23. The third-order valence-corrected chi connectivity index (χ3v) is 4.85. The van der Waals surface area contributed by atoms with Crippen molar-refractivity contribution in [2.75, 3.05) is 11.4 Å². The molecular weight excluding hydrogens is 254 g/mol. The molecule has 0 fully saturated rings. The molecule has 1 aliphatic rings. The van der Waals surface area contributed by atoms with Crippen molar-refractivity contribution in [1.29, 1.82) is 0 Å². The third-order valence-electron chi connectivity index (χ3n) is 3.60. The quantitative estimate of drug-likeness (QED) is 0.928. The molecule has 1 aromatic heterocycles. The molecule has 19 heavy (non-hydrogen) atoms. The molecular formula is C15H19N3S. The minimum Gasteiger partial charge on any atom is -0.323 e. The van der Waals surface area contributed by atoms with Crippen LogP contribution in [0.15, 0.2) is 30.3 Å². The van der Waals surface area contributed by atoms with Gasteiger partial charge < -0.3 is 10.6 Å². The van der Waals surface area contributed by atoms with Crippen LogP contribution in [-0.4, -0.2) is 11.5 Å². The molecule has 2 N–H and O–H groups in total. The first kappa shape index (κ1) is 12.6. The zero-order valence-electron chi connectivity index (χ0n) is 11.2. The van der Waals surface area contributed by atoms with Crippen LogP contribution >= 0.6 is 11.3 Å². The number of nitrogens with two attached hydrogens (primary N) is 1. The van der Waals surface area contributed by atoms with E-state index >= 15 is 0 Å². The average molecular weight is 273 g/mol. The van der Waals surface area contributed by atoms with Crippen molar-refractivity contribution in [3.63, 3.8) is 0 Å². The summed E-state index contributed by atoms with van der Waals surface area (Å²) in [5, 5.41) is 1.08. The van der Waals surface area contributed by atoms with Crippen molar-refractivity contribution in [1.82, 2.24) is 4.98 Å². The normalized spacial score (nSPS) is 18.1. The molecule has 0 bridgehead atoms. The summed E-state index contributed by atoms with van der Waals surface area (Å²) in [6.45, 7) is 3.08. The third kappa shape index (κ3) is 2.38. The number of nitrogens with zero attached hydrogens (tertiary/aromatic N) is 2. The molecule has 0 radical (unpaired) electrons. The Morgan fingerprint density at radius 2 is 2.16 bits per heavy atom. The summed E-state index contributed by atoms with van der Waals surface area (Å²) in [6, 6.07) is 10.6. The monoisotopic (exact) mass is 273 g/mol. The van der Waals surface area contributed by atoms with Gasteiger partial charge in [-0.3, -0.25) is 0 Å². The number of hydrogen-bond donors (Lipinski definition) is 1. The maximum Gasteiger partial charge on any atom is 0.190 e. The van der Waals surface area contributed by atoms with E-state index in [1.807, 2.05) is 6.07 Å². The number of para-hydroxylation sites is 1. The van der Waals surface area contributed by atoms with Gasteiger partial charge in [-0.25, -0.2) is 4.98 Å². The van der Waals surface area contributed by atoms with Gasteiger partial charge in [-0.05, 0) is 38.3 Å². The fourth-order valence-electron chi connectivity index (χ4n) is 2.59. The molecule has 0 amide bonds. The lowest BCUT2D eigenvalue weighted by Gasteiger charge is -2.19. The Balaban J connectivity index is 1.97. The topological polar surface area (TPSA) is 42.2 Å². The highest BCUT2D eigenvalue weighted by molar-refractivity contribution is 7.15. The van der Waals surface area contributed by atoms with Crippen molar-refractivity contribution in [2.45, 2.75) is 32.2 Å². The number of benzene rings is 1. The van der Waals surface area contributed by atoms with Gasteiger partial charge in [0.05, 0.1) is 5.69 Å². The van der Waals surface area contributed by atoms with Crippen molar-refractivity contribution in [3.05, 3.63) is 40.9 Å². The fourth-order valence-corrected chi connectivity index (χ4v) is 3.82. The van der Waals surface area contributed by atoms with Gasteiger partial charge in [0.25, 0.3) is 0 Å². The molecule has 1 heterocycles. The second-order valence-corrected chi connectivity index (χ2v) is 5.90. The van der Waals surface area contributed by atoms with Crippen molar-refractivity contribution in [3.8, 4) is 0 Å². The molecule has 3 nitrogen and oxygen atoms in total. The van der Waals surface area contributed by atoms with Crippen molar-refractivity contribution in [2.24, 2.45) is 5.73 Å². The predicted molar refractivity (Wildman–Crippen MR) is 81.1 cm³/mol.